The third-order valence-corrected chi connectivity index (χ3v) is 7.76. The molecular weight excluding hydrogens is 453 g/mol. The molecule has 0 spiro atoms. The molecule has 0 nitrogen and oxygen atoms in total. The minimum Gasteiger partial charge on any atom is -0.207 e. The third kappa shape index (κ3) is 6.11. The topological polar surface area (TPSA) is 0 Å². The highest BCUT2D eigenvalue weighted by Crippen LogP contribution is 2.39. The zero-order valence-corrected chi connectivity index (χ0v) is 21.5. The second-order valence-corrected chi connectivity index (χ2v) is 10.2. The number of halogens is 3. The van der Waals surface area contributed by atoms with Gasteiger partial charge in [0.2, 0.25) is 0 Å². The standard InChI is InChI=1S/C33H37F3/c1-3-5-7-8-23-10-12-25(13-11-23)29-20-19-28(22-31(29)34)24-14-16-26(17-15-24)30-21-18-27(9-6-4-2)32(35)33(30)36/h3,5,14-23,25H,4,6-13H2,1-2H3/b5-3+. The van der Waals surface area contributed by atoms with Gasteiger partial charge in [0.05, 0.1) is 0 Å². The molecule has 0 saturated heterocycles. The van der Waals surface area contributed by atoms with E-state index in [0.717, 1.165) is 54.7 Å². The van der Waals surface area contributed by atoms with Crippen LogP contribution in [0.25, 0.3) is 22.3 Å². The molecule has 0 amide bonds. The van der Waals surface area contributed by atoms with Crippen molar-refractivity contribution in [3.05, 3.63) is 95.3 Å². The van der Waals surface area contributed by atoms with Gasteiger partial charge in [0, 0.05) is 5.56 Å². The molecule has 3 aromatic rings. The van der Waals surface area contributed by atoms with E-state index in [2.05, 4.69) is 19.1 Å². The number of allylic oxidation sites excluding steroid dienone is 2. The minimum atomic E-state index is -0.803. The molecule has 0 unspecified atom stereocenters. The Morgan fingerprint density at radius 1 is 0.806 bits per heavy atom. The van der Waals surface area contributed by atoms with Gasteiger partial charge in [-0.2, -0.15) is 0 Å². The molecule has 36 heavy (non-hydrogen) atoms. The van der Waals surface area contributed by atoms with Gasteiger partial charge in [-0.25, -0.2) is 13.2 Å². The largest absolute Gasteiger partial charge is 0.207 e. The van der Waals surface area contributed by atoms with Gasteiger partial charge >= 0.3 is 0 Å². The number of hydrogen-bond donors (Lipinski definition) is 0. The van der Waals surface area contributed by atoms with E-state index in [-0.39, 0.29) is 17.3 Å². The molecule has 0 N–H and O–H groups in total. The molecule has 3 heteroatoms. The Bertz CT molecular complexity index is 1170. The lowest BCUT2D eigenvalue weighted by Gasteiger charge is -2.29. The fourth-order valence-electron chi connectivity index (χ4n) is 5.51. The molecule has 0 atom stereocenters. The van der Waals surface area contributed by atoms with E-state index < -0.39 is 11.6 Å². The molecule has 0 aromatic heterocycles. The molecule has 4 rings (SSSR count). The summed E-state index contributed by atoms with van der Waals surface area (Å²) in [6.45, 7) is 4.09. The van der Waals surface area contributed by atoms with Gasteiger partial charge in [0.25, 0.3) is 0 Å². The minimum absolute atomic E-state index is 0.148. The molecular formula is C33H37F3. The molecule has 1 aliphatic rings. The van der Waals surface area contributed by atoms with Crippen molar-refractivity contribution in [2.24, 2.45) is 5.92 Å². The number of aryl methyl sites for hydroxylation is 1. The molecule has 1 saturated carbocycles. The van der Waals surface area contributed by atoms with Crippen LogP contribution in [0, 0.1) is 23.4 Å². The van der Waals surface area contributed by atoms with Crippen molar-refractivity contribution in [3.8, 4) is 22.3 Å². The first-order chi connectivity index (χ1) is 17.5. The second kappa shape index (κ2) is 12.4. The number of rotatable bonds is 9. The van der Waals surface area contributed by atoms with E-state index in [1.165, 1.54) is 19.3 Å². The summed E-state index contributed by atoms with van der Waals surface area (Å²) in [6, 6.07) is 16.1. The van der Waals surface area contributed by atoms with Crippen molar-refractivity contribution < 1.29 is 13.2 Å². The van der Waals surface area contributed by atoms with Gasteiger partial charge < -0.3 is 0 Å². The van der Waals surface area contributed by atoms with Crippen LogP contribution in [0.3, 0.4) is 0 Å². The van der Waals surface area contributed by atoms with E-state index >= 15 is 4.39 Å². The summed E-state index contributed by atoms with van der Waals surface area (Å²) in [5.41, 5.74) is 3.76. The van der Waals surface area contributed by atoms with Crippen LogP contribution in [-0.4, -0.2) is 0 Å². The smallest absolute Gasteiger partial charge is 0.166 e. The fourth-order valence-corrected chi connectivity index (χ4v) is 5.51. The Hall–Kier alpha value is -2.81. The van der Waals surface area contributed by atoms with Crippen molar-refractivity contribution >= 4 is 0 Å². The van der Waals surface area contributed by atoms with Gasteiger partial charge in [0.1, 0.15) is 5.82 Å². The molecule has 0 aliphatic heterocycles. The summed E-state index contributed by atoms with van der Waals surface area (Å²) in [5, 5.41) is 0. The molecule has 0 bridgehead atoms. The fraction of sp³-hybridized carbons (Fsp3) is 0.394. The van der Waals surface area contributed by atoms with Crippen LogP contribution in [0.2, 0.25) is 0 Å². The lowest BCUT2D eigenvalue weighted by Crippen LogP contribution is -2.14. The maximum Gasteiger partial charge on any atom is 0.166 e. The van der Waals surface area contributed by atoms with Crippen molar-refractivity contribution in [2.45, 2.75) is 77.6 Å². The summed E-state index contributed by atoms with van der Waals surface area (Å²) in [4.78, 5) is 0. The van der Waals surface area contributed by atoms with Crippen molar-refractivity contribution in [1.82, 2.24) is 0 Å². The molecule has 3 aromatic carbocycles. The van der Waals surface area contributed by atoms with E-state index in [4.69, 9.17) is 0 Å². The average Bonchev–Trinajstić information content (AvgIpc) is 2.90. The SMILES string of the molecule is C/C=C/CCC1CCC(c2ccc(-c3ccc(-c4ccc(CCCC)c(F)c4F)cc3)cc2F)CC1. The predicted octanol–water partition coefficient (Wildman–Crippen LogP) is 10.4. The zero-order valence-electron chi connectivity index (χ0n) is 21.5. The summed E-state index contributed by atoms with van der Waals surface area (Å²) in [6.07, 6.45) is 13.4. The molecule has 0 radical (unpaired) electrons. The summed E-state index contributed by atoms with van der Waals surface area (Å²) >= 11 is 0. The first kappa shape index (κ1) is 26.3. The first-order valence-corrected chi connectivity index (χ1v) is 13.5. The Labute approximate surface area is 214 Å². The number of benzene rings is 3. The van der Waals surface area contributed by atoms with Crippen LogP contribution >= 0.6 is 0 Å². The highest BCUT2D eigenvalue weighted by Gasteiger charge is 2.24. The monoisotopic (exact) mass is 490 g/mol. The maximum atomic E-state index is 15.1. The second-order valence-electron chi connectivity index (χ2n) is 10.2. The summed E-state index contributed by atoms with van der Waals surface area (Å²) in [5.74, 6) is -0.663. The van der Waals surface area contributed by atoms with Gasteiger partial charge in [0.15, 0.2) is 11.6 Å². The van der Waals surface area contributed by atoms with E-state index in [1.807, 2.05) is 31.2 Å². The molecule has 1 fully saturated rings. The van der Waals surface area contributed by atoms with Crippen LogP contribution in [0.5, 0.6) is 0 Å². The van der Waals surface area contributed by atoms with Crippen LogP contribution in [0.15, 0.2) is 66.7 Å². The zero-order chi connectivity index (χ0) is 25.5. The lowest BCUT2D eigenvalue weighted by atomic mass is 9.77. The van der Waals surface area contributed by atoms with Crippen LogP contribution < -0.4 is 0 Å². The molecule has 1 aliphatic carbocycles. The van der Waals surface area contributed by atoms with E-state index in [1.54, 1.807) is 30.3 Å². The highest BCUT2D eigenvalue weighted by atomic mass is 19.2. The quantitative estimate of drug-likeness (QED) is 0.262. The predicted molar refractivity (Wildman–Crippen MR) is 145 cm³/mol. The first-order valence-electron chi connectivity index (χ1n) is 13.5. The van der Waals surface area contributed by atoms with Gasteiger partial charge in [-0.3, -0.25) is 0 Å². The van der Waals surface area contributed by atoms with Crippen LogP contribution in [-0.2, 0) is 6.42 Å². The van der Waals surface area contributed by atoms with E-state index in [0.29, 0.717) is 17.5 Å². The highest BCUT2D eigenvalue weighted by molar-refractivity contribution is 5.71. The van der Waals surface area contributed by atoms with Crippen LogP contribution in [0.1, 0.15) is 82.3 Å². The molecule has 190 valence electrons. The summed E-state index contributed by atoms with van der Waals surface area (Å²) in [7, 11) is 0. The normalized spacial score (nSPS) is 18.1. The number of unbranched alkanes of at least 4 members (excludes halogenated alkanes) is 1. The average molecular weight is 491 g/mol. The van der Waals surface area contributed by atoms with Gasteiger partial charge in [-0.1, -0.05) is 74.0 Å². The Kier molecular flexibility index (Phi) is 9.07. The van der Waals surface area contributed by atoms with Crippen molar-refractivity contribution in [3.63, 3.8) is 0 Å². The van der Waals surface area contributed by atoms with Crippen molar-refractivity contribution in [2.75, 3.05) is 0 Å². The van der Waals surface area contributed by atoms with Crippen molar-refractivity contribution in [1.29, 1.82) is 0 Å². The van der Waals surface area contributed by atoms with Crippen LogP contribution in [0.4, 0.5) is 13.2 Å². The lowest BCUT2D eigenvalue weighted by molar-refractivity contribution is 0.308. The molecule has 0 heterocycles. The van der Waals surface area contributed by atoms with Gasteiger partial charge in [-0.15, -0.1) is 0 Å². The third-order valence-electron chi connectivity index (χ3n) is 7.76. The maximum absolute atomic E-state index is 15.1. The Morgan fingerprint density at radius 2 is 1.50 bits per heavy atom. The summed E-state index contributed by atoms with van der Waals surface area (Å²) < 4.78 is 44.4. The Morgan fingerprint density at radius 3 is 2.17 bits per heavy atom. The van der Waals surface area contributed by atoms with E-state index in [9.17, 15) is 8.78 Å². The Balaban J connectivity index is 1.44. The number of hydrogen-bond acceptors (Lipinski definition) is 0. The van der Waals surface area contributed by atoms with Gasteiger partial charge in [-0.05, 0) is 104 Å².